The molecule has 170 valence electrons. The zero-order valence-electron chi connectivity index (χ0n) is 16.4. The van der Waals surface area contributed by atoms with Crippen LogP contribution in [0.4, 0.5) is 13.2 Å². The van der Waals surface area contributed by atoms with Crippen molar-refractivity contribution < 1.29 is 40.3 Å². The van der Waals surface area contributed by atoms with Crippen LogP contribution in [-0.2, 0) is 21.2 Å². The van der Waals surface area contributed by atoms with Crippen LogP contribution in [0.15, 0.2) is 68.7 Å². The summed E-state index contributed by atoms with van der Waals surface area (Å²) in [6.45, 7) is 1.90. The molecule has 1 saturated heterocycles. The van der Waals surface area contributed by atoms with Gasteiger partial charge in [-0.15, -0.1) is 0 Å². The van der Waals surface area contributed by atoms with E-state index in [4.69, 9.17) is 18.7 Å². The summed E-state index contributed by atoms with van der Waals surface area (Å²) < 4.78 is 68.5. The molecule has 1 N–H and O–H groups in total. The molecule has 7 nitrogen and oxygen atoms in total. The number of benzene rings is 1. The fourth-order valence-corrected chi connectivity index (χ4v) is 6.27. The number of hydrogen-bond acceptors (Lipinski definition) is 6. The van der Waals surface area contributed by atoms with E-state index in [9.17, 15) is 21.6 Å². The summed E-state index contributed by atoms with van der Waals surface area (Å²) in [5.74, 6) is -1.13. The van der Waals surface area contributed by atoms with Crippen molar-refractivity contribution in [3.63, 3.8) is 0 Å². The van der Waals surface area contributed by atoms with Crippen molar-refractivity contribution in [3.8, 4) is 11.3 Å². The van der Waals surface area contributed by atoms with Gasteiger partial charge in [0.2, 0.25) is 0 Å². The lowest BCUT2D eigenvalue weighted by atomic mass is 9.96. The Morgan fingerprint density at radius 3 is 2.38 bits per heavy atom. The van der Waals surface area contributed by atoms with E-state index in [1.807, 2.05) is 36.4 Å². The lowest BCUT2D eigenvalue weighted by Crippen LogP contribution is -2.25. The van der Waals surface area contributed by atoms with E-state index in [0.29, 0.717) is 18.0 Å². The fourth-order valence-electron chi connectivity index (χ4n) is 4.07. The Labute approximate surface area is 181 Å². The number of carboxylic acids is 1. The number of alkyl halides is 3. The van der Waals surface area contributed by atoms with Gasteiger partial charge in [0.15, 0.2) is 9.84 Å². The number of carboxylic acid groups (broad SMARTS) is 1. The first-order valence-corrected chi connectivity index (χ1v) is 11.1. The number of sulfone groups is 1. The van der Waals surface area contributed by atoms with Crippen LogP contribution < -0.4 is 0 Å². The van der Waals surface area contributed by atoms with E-state index in [2.05, 4.69) is 4.90 Å². The predicted molar refractivity (Wildman–Crippen MR) is 106 cm³/mol. The lowest BCUT2D eigenvalue weighted by Gasteiger charge is -2.15. The maximum absolute atomic E-state index is 12.9. The topological polar surface area (TPSA) is 101 Å². The minimum Gasteiger partial charge on any atom is -0.475 e. The van der Waals surface area contributed by atoms with Crippen molar-refractivity contribution in [2.24, 2.45) is 0 Å². The largest absolute Gasteiger partial charge is 0.490 e. The molecule has 11 heteroatoms. The summed E-state index contributed by atoms with van der Waals surface area (Å²) in [5, 5.41) is 6.75. The molecule has 0 saturated carbocycles. The molecule has 0 radical (unpaired) electrons. The predicted octanol–water partition coefficient (Wildman–Crippen LogP) is 3.93. The molecule has 5 rings (SSSR count). The first-order valence-electron chi connectivity index (χ1n) is 9.54. The van der Waals surface area contributed by atoms with Crippen molar-refractivity contribution in [1.29, 1.82) is 0 Å². The molecule has 2 aliphatic heterocycles. The highest BCUT2D eigenvalue weighted by molar-refractivity contribution is 7.92. The highest BCUT2D eigenvalue weighted by atomic mass is 32.2. The van der Waals surface area contributed by atoms with Crippen molar-refractivity contribution in [2.45, 2.75) is 28.8 Å². The van der Waals surface area contributed by atoms with E-state index >= 15 is 0 Å². The summed E-state index contributed by atoms with van der Waals surface area (Å²) in [4.78, 5) is 11.5. The second-order valence-corrected chi connectivity index (χ2v) is 9.63. The van der Waals surface area contributed by atoms with E-state index < -0.39 is 22.0 Å². The Bertz CT molecular complexity index is 1200. The Balaban J connectivity index is 0.000000307. The third-order valence-electron chi connectivity index (χ3n) is 5.46. The highest BCUT2D eigenvalue weighted by Gasteiger charge is 2.50. The molecule has 0 spiro atoms. The molecule has 2 aromatic heterocycles. The number of likely N-dealkylation sites (tertiary alicyclic amines) is 1. The van der Waals surface area contributed by atoms with Gasteiger partial charge in [-0.25, -0.2) is 13.2 Å². The van der Waals surface area contributed by atoms with Crippen LogP contribution in [0.1, 0.15) is 17.2 Å². The number of fused-ring (bicyclic) bond motifs is 3. The second kappa shape index (κ2) is 8.14. The van der Waals surface area contributed by atoms with Gasteiger partial charge in [0, 0.05) is 24.6 Å². The van der Waals surface area contributed by atoms with E-state index in [0.717, 1.165) is 29.2 Å². The summed E-state index contributed by atoms with van der Waals surface area (Å²) >= 11 is 0. The van der Waals surface area contributed by atoms with Gasteiger partial charge >= 0.3 is 12.1 Å². The fraction of sp³-hybridized carbons (Fsp3) is 0.286. The van der Waals surface area contributed by atoms with Gasteiger partial charge < -0.3 is 13.9 Å². The zero-order chi connectivity index (χ0) is 23.1. The first-order chi connectivity index (χ1) is 15.1. The molecule has 2 atom stereocenters. The molecule has 3 aromatic rings. The molecule has 0 bridgehead atoms. The number of rotatable bonds is 3. The van der Waals surface area contributed by atoms with Crippen molar-refractivity contribution in [1.82, 2.24) is 4.90 Å². The molecule has 0 amide bonds. The average molecular weight is 469 g/mol. The standard InChI is InChI=1S/C19H17NO4S.C2HF3O2/c21-25(22)18-6-5-13(17-4-2-8-24-17)9-15(18)16-11-20(12-19(16)25)10-14-3-1-7-23-14;3-2(4,5)1(6)7/h1-9,16,19H,10-12H2;(H,6,7). The second-order valence-electron chi connectivity index (χ2n) is 7.50. The molecule has 1 aromatic carbocycles. The monoisotopic (exact) mass is 469 g/mol. The average Bonchev–Trinajstić information content (AvgIpc) is 3.51. The van der Waals surface area contributed by atoms with Gasteiger partial charge in [-0.2, -0.15) is 13.2 Å². The van der Waals surface area contributed by atoms with Gasteiger partial charge in [0.25, 0.3) is 0 Å². The maximum atomic E-state index is 12.9. The van der Waals surface area contributed by atoms with Crippen LogP contribution in [0, 0.1) is 0 Å². The highest BCUT2D eigenvalue weighted by Crippen LogP contribution is 2.46. The molecule has 2 unspecified atom stereocenters. The van der Waals surface area contributed by atoms with Gasteiger partial charge in [-0.3, -0.25) is 4.90 Å². The van der Waals surface area contributed by atoms with Crippen LogP contribution >= 0.6 is 0 Å². The number of carbonyl (C=O) groups is 1. The van der Waals surface area contributed by atoms with E-state index in [1.54, 1.807) is 18.6 Å². The Morgan fingerprint density at radius 2 is 1.78 bits per heavy atom. The Morgan fingerprint density at radius 1 is 1.09 bits per heavy atom. The third kappa shape index (κ3) is 4.17. The van der Waals surface area contributed by atoms with Crippen molar-refractivity contribution in [2.75, 3.05) is 13.1 Å². The smallest absolute Gasteiger partial charge is 0.475 e. The minimum absolute atomic E-state index is 0.00451. The summed E-state index contributed by atoms with van der Waals surface area (Å²) in [5.41, 5.74) is 1.84. The van der Waals surface area contributed by atoms with Gasteiger partial charge in [-0.05, 0) is 48.0 Å². The quantitative estimate of drug-likeness (QED) is 0.620. The van der Waals surface area contributed by atoms with Crippen LogP contribution in [0.2, 0.25) is 0 Å². The summed E-state index contributed by atoms with van der Waals surface area (Å²) in [6, 6.07) is 13.0. The van der Waals surface area contributed by atoms with E-state index in [1.165, 1.54) is 0 Å². The van der Waals surface area contributed by atoms with Gasteiger partial charge in [-0.1, -0.05) is 0 Å². The SMILES string of the molecule is O=C(O)C(F)(F)F.O=S1(=O)c2ccc(-c3ccco3)cc2C2CN(Cc3ccco3)CC21. The number of hydrogen-bond donors (Lipinski definition) is 1. The first kappa shape index (κ1) is 22.2. The van der Waals surface area contributed by atoms with Crippen molar-refractivity contribution >= 4 is 15.8 Å². The minimum atomic E-state index is -5.08. The molecule has 32 heavy (non-hydrogen) atoms. The molecule has 0 aliphatic carbocycles. The third-order valence-corrected chi connectivity index (χ3v) is 7.72. The molecular weight excluding hydrogens is 451 g/mol. The van der Waals surface area contributed by atoms with Gasteiger partial charge in [0.1, 0.15) is 11.5 Å². The number of nitrogens with zero attached hydrogens (tertiary/aromatic N) is 1. The summed E-state index contributed by atoms with van der Waals surface area (Å²) in [7, 11) is -3.28. The molecule has 1 fully saturated rings. The molecular formula is C21H18F3NO6S. The molecule has 4 heterocycles. The number of aliphatic carboxylic acids is 1. The Hall–Kier alpha value is -3.05. The number of furan rings is 2. The van der Waals surface area contributed by atoms with Crippen LogP contribution in [0.3, 0.4) is 0 Å². The van der Waals surface area contributed by atoms with Gasteiger partial charge in [0.05, 0.1) is 29.2 Å². The molecule has 2 aliphatic rings. The van der Waals surface area contributed by atoms with Crippen LogP contribution in [0.25, 0.3) is 11.3 Å². The summed E-state index contributed by atoms with van der Waals surface area (Å²) in [6.07, 6.45) is -1.81. The maximum Gasteiger partial charge on any atom is 0.490 e. The normalized spacial score (nSPS) is 21.5. The Kier molecular flexibility index (Phi) is 5.63. The zero-order valence-corrected chi connectivity index (χ0v) is 17.3. The van der Waals surface area contributed by atoms with Crippen molar-refractivity contribution in [3.05, 3.63) is 66.3 Å². The van der Waals surface area contributed by atoms with E-state index in [-0.39, 0.29) is 11.2 Å². The lowest BCUT2D eigenvalue weighted by molar-refractivity contribution is -0.192. The van der Waals surface area contributed by atoms with Crippen LogP contribution in [-0.4, -0.2) is 48.9 Å². The number of halogens is 3. The van der Waals surface area contributed by atoms with Crippen LogP contribution in [0.5, 0.6) is 0 Å².